The van der Waals surface area contributed by atoms with E-state index >= 15 is 0 Å². The largest absolute Gasteiger partial charge is 0.466 e. The fourth-order valence-corrected chi connectivity index (χ4v) is 1.73. The second kappa shape index (κ2) is 3.59. The molecule has 0 aromatic rings. The van der Waals surface area contributed by atoms with E-state index in [1.807, 2.05) is 13.8 Å². The van der Waals surface area contributed by atoms with Crippen LogP contribution in [0.4, 0.5) is 0 Å². The molecule has 0 aliphatic carbocycles. The fourth-order valence-electron chi connectivity index (χ4n) is 1.73. The number of likely N-dealkylation sites (tertiary alicyclic amines) is 1. The summed E-state index contributed by atoms with van der Waals surface area (Å²) in [5.41, 5.74) is -0.427. The van der Waals surface area contributed by atoms with E-state index in [2.05, 4.69) is 0 Å². The van der Waals surface area contributed by atoms with E-state index in [9.17, 15) is 9.59 Å². The van der Waals surface area contributed by atoms with Crippen LogP contribution in [-0.4, -0.2) is 36.0 Å². The molecule has 1 fully saturated rings. The number of ether oxygens (including phenoxy) is 1. The summed E-state index contributed by atoms with van der Waals surface area (Å²) in [5.74, 6) is -0.594. The molecule has 1 atom stereocenters. The molecule has 1 aliphatic heterocycles. The van der Waals surface area contributed by atoms with Crippen molar-refractivity contribution >= 4 is 11.9 Å². The van der Waals surface area contributed by atoms with Crippen molar-refractivity contribution in [1.82, 2.24) is 4.90 Å². The standard InChI is InChI=1S/C10H17NO3/c1-5-14-9(13)7-6-8(12)11(4)10(7,2)3/h7H,5-6H2,1-4H3. The SMILES string of the molecule is CCOC(=O)C1CC(=O)N(C)C1(C)C. The Morgan fingerprint density at radius 1 is 1.64 bits per heavy atom. The molecule has 4 heteroatoms. The van der Waals surface area contributed by atoms with Gasteiger partial charge in [-0.3, -0.25) is 9.59 Å². The van der Waals surface area contributed by atoms with Crippen LogP contribution in [0.3, 0.4) is 0 Å². The zero-order chi connectivity index (χ0) is 10.9. The summed E-state index contributed by atoms with van der Waals surface area (Å²) in [4.78, 5) is 24.6. The lowest BCUT2D eigenvalue weighted by atomic mass is 9.89. The monoisotopic (exact) mass is 199 g/mol. The molecule has 1 heterocycles. The Kier molecular flexibility index (Phi) is 2.83. The second-order valence-corrected chi connectivity index (χ2v) is 4.12. The molecule has 0 N–H and O–H groups in total. The summed E-state index contributed by atoms with van der Waals surface area (Å²) in [5, 5.41) is 0. The number of carbonyl (C=O) groups is 2. The summed E-state index contributed by atoms with van der Waals surface area (Å²) in [6.07, 6.45) is 0.266. The van der Waals surface area contributed by atoms with Crippen LogP contribution in [0.1, 0.15) is 27.2 Å². The first-order chi connectivity index (χ1) is 6.41. The maximum Gasteiger partial charge on any atom is 0.311 e. The van der Waals surface area contributed by atoms with Gasteiger partial charge in [-0.05, 0) is 20.8 Å². The second-order valence-electron chi connectivity index (χ2n) is 4.12. The number of carbonyl (C=O) groups excluding carboxylic acids is 2. The van der Waals surface area contributed by atoms with Gasteiger partial charge in [0.2, 0.25) is 5.91 Å². The van der Waals surface area contributed by atoms with Crippen molar-refractivity contribution in [2.45, 2.75) is 32.7 Å². The maximum absolute atomic E-state index is 11.6. The van der Waals surface area contributed by atoms with E-state index in [1.54, 1.807) is 18.9 Å². The van der Waals surface area contributed by atoms with Crippen LogP contribution >= 0.6 is 0 Å². The molecule has 0 radical (unpaired) electrons. The van der Waals surface area contributed by atoms with Crippen LogP contribution in [0.15, 0.2) is 0 Å². The Hall–Kier alpha value is -1.06. The van der Waals surface area contributed by atoms with Crippen molar-refractivity contribution in [2.24, 2.45) is 5.92 Å². The van der Waals surface area contributed by atoms with Crippen molar-refractivity contribution in [1.29, 1.82) is 0 Å². The zero-order valence-electron chi connectivity index (χ0n) is 9.16. The first-order valence-corrected chi connectivity index (χ1v) is 4.84. The molecule has 0 bridgehead atoms. The van der Waals surface area contributed by atoms with Gasteiger partial charge in [0.1, 0.15) is 0 Å². The highest BCUT2D eigenvalue weighted by molar-refractivity contribution is 5.88. The summed E-state index contributed by atoms with van der Waals surface area (Å²) in [6.45, 7) is 5.91. The lowest BCUT2D eigenvalue weighted by molar-refractivity contribution is -0.150. The summed E-state index contributed by atoms with van der Waals surface area (Å²) >= 11 is 0. The third-order valence-electron chi connectivity index (χ3n) is 3.04. The number of amides is 1. The van der Waals surface area contributed by atoms with Crippen LogP contribution in [0, 0.1) is 5.92 Å². The molecule has 1 amide bonds. The molecule has 1 saturated heterocycles. The summed E-state index contributed by atoms with van der Waals surface area (Å²) in [6, 6.07) is 0. The highest BCUT2D eigenvalue weighted by atomic mass is 16.5. The van der Waals surface area contributed by atoms with Crippen LogP contribution in [-0.2, 0) is 14.3 Å². The van der Waals surface area contributed by atoms with Gasteiger partial charge in [0.15, 0.2) is 0 Å². The Bertz CT molecular complexity index is 260. The van der Waals surface area contributed by atoms with Gasteiger partial charge in [0.05, 0.1) is 18.1 Å². The molecule has 1 unspecified atom stereocenters. The zero-order valence-corrected chi connectivity index (χ0v) is 9.16. The maximum atomic E-state index is 11.6. The Balaban J connectivity index is 2.81. The van der Waals surface area contributed by atoms with Gasteiger partial charge >= 0.3 is 5.97 Å². The molecule has 14 heavy (non-hydrogen) atoms. The first kappa shape index (κ1) is 11.0. The van der Waals surface area contributed by atoms with Crippen LogP contribution in [0.2, 0.25) is 0 Å². The first-order valence-electron chi connectivity index (χ1n) is 4.84. The molecule has 4 nitrogen and oxygen atoms in total. The summed E-state index contributed by atoms with van der Waals surface area (Å²) < 4.78 is 4.94. The fraction of sp³-hybridized carbons (Fsp3) is 0.800. The van der Waals surface area contributed by atoms with Gasteiger partial charge in [-0.2, -0.15) is 0 Å². The molecular weight excluding hydrogens is 182 g/mol. The lowest BCUT2D eigenvalue weighted by Gasteiger charge is -2.31. The highest BCUT2D eigenvalue weighted by Gasteiger charge is 2.48. The third kappa shape index (κ3) is 1.61. The topological polar surface area (TPSA) is 46.6 Å². The minimum absolute atomic E-state index is 0.00746. The smallest absolute Gasteiger partial charge is 0.311 e. The van der Waals surface area contributed by atoms with Gasteiger partial charge in [0.25, 0.3) is 0 Å². The minimum Gasteiger partial charge on any atom is -0.466 e. The van der Waals surface area contributed by atoms with Crippen molar-refractivity contribution in [3.8, 4) is 0 Å². The van der Waals surface area contributed by atoms with Gasteiger partial charge in [-0.25, -0.2) is 0 Å². The lowest BCUT2D eigenvalue weighted by Crippen LogP contribution is -2.44. The average molecular weight is 199 g/mol. The van der Waals surface area contributed by atoms with Gasteiger partial charge < -0.3 is 9.64 Å². The van der Waals surface area contributed by atoms with Crippen LogP contribution < -0.4 is 0 Å². The molecule has 1 aliphatic rings. The van der Waals surface area contributed by atoms with Gasteiger partial charge in [0, 0.05) is 13.5 Å². The molecule has 0 aromatic carbocycles. The highest BCUT2D eigenvalue weighted by Crippen LogP contribution is 2.34. The molecule has 0 aromatic heterocycles. The normalized spacial score (nSPS) is 25.3. The van der Waals surface area contributed by atoms with Gasteiger partial charge in [-0.1, -0.05) is 0 Å². The molecular formula is C10H17NO3. The number of rotatable bonds is 2. The average Bonchev–Trinajstić information content (AvgIpc) is 2.30. The van der Waals surface area contributed by atoms with Crippen molar-refractivity contribution in [3.05, 3.63) is 0 Å². The molecule has 1 rings (SSSR count). The van der Waals surface area contributed by atoms with Crippen molar-refractivity contribution < 1.29 is 14.3 Å². The Morgan fingerprint density at radius 3 is 2.57 bits per heavy atom. The van der Waals surface area contributed by atoms with E-state index in [0.717, 1.165) is 0 Å². The van der Waals surface area contributed by atoms with E-state index in [-0.39, 0.29) is 24.2 Å². The molecule has 80 valence electrons. The molecule has 0 spiro atoms. The number of esters is 1. The van der Waals surface area contributed by atoms with E-state index in [1.165, 1.54) is 0 Å². The van der Waals surface area contributed by atoms with Gasteiger partial charge in [-0.15, -0.1) is 0 Å². The number of hydrogen-bond donors (Lipinski definition) is 0. The third-order valence-corrected chi connectivity index (χ3v) is 3.04. The van der Waals surface area contributed by atoms with E-state index < -0.39 is 5.54 Å². The minimum atomic E-state index is -0.427. The Morgan fingerprint density at radius 2 is 2.21 bits per heavy atom. The van der Waals surface area contributed by atoms with E-state index in [0.29, 0.717) is 6.61 Å². The van der Waals surface area contributed by atoms with Crippen LogP contribution in [0.5, 0.6) is 0 Å². The van der Waals surface area contributed by atoms with E-state index in [4.69, 9.17) is 4.74 Å². The molecule has 0 saturated carbocycles. The predicted octanol–water partition coefficient (Wildman–Crippen LogP) is 0.806. The number of nitrogens with zero attached hydrogens (tertiary/aromatic N) is 1. The number of hydrogen-bond acceptors (Lipinski definition) is 3. The Labute approximate surface area is 84.2 Å². The van der Waals surface area contributed by atoms with Crippen molar-refractivity contribution in [2.75, 3.05) is 13.7 Å². The van der Waals surface area contributed by atoms with Crippen molar-refractivity contribution in [3.63, 3.8) is 0 Å². The summed E-state index contributed by atoms with van der Waals surface area (Å²) in [7, 11) is 1.72. The van der Waals surface area contributed by atoms with Crippen LogP contribution in [0.25, 0.3) is 0 Å². The predicted molar refractivity (Wildman–Crippen MR) is 51.6 cm³/mol. The quantitative estimate of drug-likeness (QED) is 0.618.